The van der Waals surface area contributed by atoms with Crippen molar-refractivity contribution in [2.45, 2.75) is 51.5 Å². The van der Waals surface area contributed by atoms with Crippen LogP contribution in [0, 0.1) is 5.92 Å². The molecule has 2 rings (SSSR count). The Bertz CT molecular complexity index is 353. The summed E-state index contributed by atoms with van der Waals surface area (Å²) < 4.78 is 0. The van der Waals surface area contributed by atoms with Crippen LogP contribution in [0.25, 0.3) is 0 Å². The van der Waals surface area contributed by atoms with Gasteiger partial charge in [0.15, 0.2) is 0 Å². The van der Waals surface area contributed by atoms with Gasteiger partial charge in [0.1, 0.15) is 0 Å². The highest BCUT2D eigenvalue weighted by atomic mass is 16.4. The zero-order chi connectivity index (χ0) is 14.5. The summed E-state index contributed by atoms with van der Waals surface area (Å²) in [6, 6.07) is 0.518. The number of carboxylic acids is 1. The van der Waals surface area contributed by atoms with Gasteiger partial charge in [0.25, 0.3) is 0 Å². The molecule has 5 nitrogen and oxygen atoms in total. The van der Waals surface area contributed by atoms with E-state index in [4.69, 9.17) is 5.11 Å². The lowest BCUT2D eigenvalue weighted by Gasteiger charge is -2.38. The topological polar surface area (TPSA) is 60.9 Å². The Hall–Kier alpha value is -1.10. The Balaban J connectivity index is 1.81. The molecule has 5 heteroatoms. The van der Waals surface area contributed by atoms with E-state index in [0.29, 0.717) is 12.5 Å². The number of carbonyl (C=O) groups excluding carboxylic acids is 1. The lowest BCUT2D eigenvalue weighted by Crippen LogP contribution is -2.49. The fourth-order valence-electron chi connectivity index (χ4n) is 3.38. The molecule has 0 aromatic carbocycles. The van der Waals surface area contributed by atoms with Crippen LogP contribution in [-0.4, -0.2) is 59.0 Å². The van der Waals surface area contributed by atoms with Gasteiger partial charge in [-0.2, -0.15) is 0 Å². The van der Waals surface area contributed by atoms with Crippen molar-refractivity contribution < 1.29 is 14.7 Å². The van der Waals surface area contributed by atoms with E-state index in [0.717, 1.165) is 19.5 Å². The zero-order valence-electron chi connectivity index (χ0n) is 12.4. The maximum atomic E-state index is 12.3. The highest BCUT2D eigenvalue weighted by molar-refractivity contribution is 5.77. The van der Waals surface area contributed by atoms with Gasteiger partial charge in [-0.05, 0) is 44.7 Å². The Morgan fingerprint density at radius 1 is 1.15 bits per heavy atom. The summed E-state index contributed by atoms with van der Waals surface area (Å²) in [6.07, 6.45) is 5.25. The SMILES string of the molecule is CC(CC(=O)O)CC(=O)N1CCCC(N2CCCC2)C1. The van der Waals surface area contributed by atoms with E-state index in [1.807, 2.05) is 11.8 Å². The van der Waals surface area contributed by atoms with Crippen molar-refractivity contribution in [2.24, 2.45) is 5.92 Å². The highest BCUT2D eigenvalue weighted by Crippen LogP contribution is 2.21. The van der Waals surface area contributed by atoms with E-state index >= 15 is 0 Å². The third-order valence-electron chi connectivity index (χ3n) is 4.45. The fraction of sp³-hybridized carbons (Fsp3) is 0.867. The second kappa shape index (κ2) is 7.07. The van der Waals surface area contributed by atoms with Crippen LogP contribution in [0.1, 0.15) is 45.4 Å². The lowest BCUT2D eigenvalue weighted by molar-refractivity contribution is -0.139. The maximum Gasteiger partial charge on any atom is 0.303 e. The first kappa shape index (κ1) is 15.3. The van der Waals surface area contributed by atoms with Gasteiger partial charge < -0.3 is 10.0 Å². The molecule has 2 aliphatic rings. The van der Waals surface area contributed by atoms with Gasteiger partial charge in [0.2, 0.25) is 5.91 Å². The minimum Gasteiger partial charge on any atom is -0.481 e. The van der Waals surface area contributed by atoms with Gasteiger partial charge in [-0.15, -0.1) is 0 Å². The monoisotopic (exact) mass is 282 g/mol. The number of nitrogens with zero attached hydrogens (tertiary/aromatic N) is 2. The summed E-state index contributed by atoms with van der Waals surface area (Å²) >= 11 is 0. The van der Waals surface area contributed by atoms with Gasteiger partial charge in [-0.1, -0.05) is 6.92 Å². The van der Waals surface area contributed by atoms with E-state index in [1.165, 1.54) is 32.4 Å². The van der Waals surface area contributed by atoms with E-state index in [1.54, 1.807) is 0 Å². The van der Waals surface area contributed by atoms with Crippen molar-refractivity contribution in [3.05, 3.63) is 0 Å². The molecule has 1 N–H and O–H groups in total. The molecule has 2 saturated heterocycles. The second-order valence-electron chi connectivity index (χ2n) is 6.29. The molecule has 2 heterocycles. The van der Waals surface area contributed by atoms with Crippen LogP contribution in [0.2, 0.25) is 0 Å². The zero-order valence-corrected chi connectivity index (χ0v) is 12.4. The van der Waals surface area contributed by atoms with Crippen LogP contribution in [0.3, 0.4) is 0 Å². The molecule has 1 amide bonds. The van der Waals surface area contributed by atoms with Crippen molar-refractivity contribution in [2.75, 3.05) is 26.2 Å². The normalized spacial score (nSPS) is 25.6. The van der Waals surface area contributed by atoms with Crippen molar-refractivity contribution in [1.82, 2.24) is 9.80 Å². The van der Waals surface area contributed by atoms with E-state index in [9.17, 15) is 9.59 Å². The number of hydrogen-bond acceptors (Lipinski definition) is 3. The largest absolute Gasteiger partial charge is 0.481 e. The summed E-state index contributed by atoms with van der Waals surface area (Å²) in [7, 11) is 0. The van der Waals surface area contributed by atoms with Gasteiger partial charge in [-0.25, -0.2) is 0 Å². The molecule has 114 valence electrons. The van der Waals surface area contributed by atoms with Crippen LogP contribution >= 0.6 is 0 Å². The van der Waals surface area contributed by atoms with Crippen molar-refractivity contribution in [1.29, 1.82) is 0 Å². The molecule has 2 fully saturated rings. The molecule has 0 saturated carbocycles. The third kappa shape index (κ3) is 4.20. The summed E-state index contributed by atoms with van der Waals surface area (Å²) in [5.74, 6) is -0.770. The molecule has 2 atom stereocenters. The van der Waals surface area contributed by atoms with Crippen molar-refractivity contribution in [3.63, 3.8) is 0 Å². The Labute approximate surface area is 120 Å². The molecule has 20 heavy (non-hydrogen) atoms. The van der Waals surface area contributed by atoms with E-state index < -0.39 is 5.97 Å². The number of rotatable bonds is 5. The van der Waals surface area contributed by atoms with Crippen molar-refractivity contribution >= 4 is 11.9 Å². The molecule has 2 aliphatic heterocycles. The molecule has 0 bridgehead atoms. The first-order valence-electron chi connectivity index (χ1n) is 7.80. The predicted molar refractivity (Wildman–Crippen MR) is 76.4 cm³/mol. The molecular formula is C15H26N2O3. The molecule has 0 aromatic heterocycles. The number of carboxylic acid groups (broad SMARTS) is 1. The number of carbonyl (C=O) groups is 2. The maximum absolute atomic E-state index is 12.3. The highest BCUT2D eigenvalue weighted by Gasteiger charge is 2.29. The predicted octanol–water partition coefficient (Wildman–Crippen LogP) is 1.57. The smallest absolute Gasteiger partial charge is 0.303 e. The molecule has 0 spiro atoms. The van der Waals surface area contributed by atoms with Crippen LogP contribution < -0.4 is 0 Å². The second-order valence-corrected chi connectivity index (χ2v) is 6.29. The van der Waals surface area contributed by atoms with Gasteiger partial charge in [0, 0.05) is 32.0 Å². The number of piperidine rings is 1. The summed E-state index contributed by atoms with van der Waals surface area (Å²) in [5.41, 5.74) is 0. The first-order valence-corrected chi connectivity index (χ1v) is 7.80. The Kier molecular flexibility index (Phi) is 5.40. The Morgan fingerprint density at radius 3 is 2.50 bits per heavy atom. The number of likely N-dealkylation sites (tertiary alicyclic amines) is 2. The number of hydrogen-bond donors (Lipinski definition) is 1. The Morgan fingerprint density at radius 2 is 1.85 bits per heavy atom. The average Bonchev–Trinajstić information content (AvgIpc) is 2.91. The standard InChI is InChI=1S/C15H26N2O3/c1-12(10-15(19)20)9-14(18)17-8-4-5-13(11-17)16-6-2-3-7-16/h12-13H,2-11H2,1H3,(H,19,20). The van der Waals surface area contributed by atoms with Gasteiger partial charge >= 0.3 is 5.97 Å². The molecule has 0 aromatic rings. The first-order chi connectivity index (χ1) is 9.56. The molecule has 2 unspecified atom stereocenters. The van der Waals surface area contributed by atoms with Crippen LogP contribution in [0.15, 0.2) is 0 Å². The van der Waals surface area contributed by atoms with Crippen LogP contribution in [0.5, 0.6) is 0 Å². The average molecular weight is 282 g/mol. The van der Waals surface area contributed by atoms with Crippen LogP contribution in [0.4, 0.5) is 0 Å². The van der Waals surface area contributed by atoms with Crippen LogP contribution in [-0.2, 0) is 9.59 Å². The van der Waals surface area contributed by atoms with Gasteiger partial charge in [0.05, 0.1) is 0 Å². The number of amides is 1. The fourth-order valence-corrected chi connectivity index (χ4v) is 3.38. The van der Waals surface area contributed by atoms with E-state index in [-0.39, 0.29) is 18.2 Å². The third-order valence-corrected chi connectivity index (χ3v) is 4.45. The molecule has 0 radical (unpaired) electrons. The number of aliphatic carboxylic acids is 1. The van der Waals surface area contributed by atoms with Crippen molar-refractivity contribution in [3.8, 4) is 0 Å². The quantitative estimate of drug-likeness (QED) is 0.831. The minimum atomic E-state index is -0.820. The summed E-state index contributed by atoms with van der Waals surface area (Å²) in [4.78, 5) is 27.4. The minimum absolute atomic E-state index is 0.0767. The molecular weight excluding hydrogens is 256 g/mol. The van der Waals surface area contributed by atoms with E-state index in [2.05, 4.69) is 4.90 Å². The lowest BCUT2D eigenvalue weighted by atomic mass is 10.00. The molecule has 0 aliphatic carbocycles. The van der Waals surface area contributed by atoms with Gasteiger partial charge in [-0.3, -0.25) is 14.5 Å². The summed E-state index contributed by atoms with van der Waals surface area (Å²) in [5, 5.41) is 8.76. The summed E-state index contributed by atoms with van der Waals surface area (Å²) in [6.45, 7) is 5.85.